The Kier molecular flexibility index (Phi) is 10.7. The van der Waals surface area contributed by atoms with Gasteiger partial charge < -0.3 is 35.7 Å². The minimum atomic E-state index is -0.704. The second kappa shape index (κ2) is 15.1. The molecule has 4 amide bonds. The molecule has 0 fully saturated rings. The number of anilines is 2. The molecule has 240 valence electrons. The van der Waals surface area contributed by atoms with Crippen LogP contribution in [0.1, 0.15) is 31.6 Å². The third kappa shape index (κ3) is 8.53. The van der Waals surface area contributed by atoms with Crippen molar-refractivity contribution in [2.45, 2.75) is 49.8 Å². The second-order valence-electron chi connectivity index (χ2n) is 11.6. The van der Waals surface area contributed by atoms with Crippen molar-refractivity contribution in [1.29, 1.82) is 0 Å². The number of aliphatic hydroxyl groups is 1. The molecule has 0 saturated heterocycles. The SMILES string of the molecule is CC(C)(CC(=O)N[C@@H]1CSc2ccccc2N(Cc2ccc(-c3ccccc3NC(=O)NCCO)cc2)C1=O)NCc1cnco1. The third-order valence-corrected chi connectivity index (χ3v) is 8.62. The van der Waals surface area contributed by atoms with Crippen molar-refractivity contribution >= 4 is 41.0 Å². The van der Waals surface area contributed by atoms with Gasteiger partial charge in [0.25, 0.3) is 5.91 Å². The van der Waals surface area contributed by atoms with Gasteiger partial charge in [-0.15, -0.1) is 11.8 Å². The van der Waals surface area contributed by atoms with Crippen LogP contribution in [0.15, 0.2) is 94.7 Å². The monoisotopic (exact) mass is 642 g/mol. The Balaban J connectivity index is 1.29. The van der Waals surface area contributed by atoms with Gasteiger partial charge in [-0.2, -0.15) is 0 Å². The number of amides is 4. The van der Waals surface area contributed by atoms with Crippen LogP contribution >= 0.6 is 11.8 Å². The van der Waals surface area contributed by atoms with E-state index in [4.69, 9.17) is 9.52 Å². The van der Waals surface area contributed by atoms with Crippen LogP contribution in [0.25, 0.3) is 11.1 Å². The molecule has 0 unspecified atom stereocenters. The normalized spacial score (nSPS) is 14.7. The molecule has 0 saturated carbocycles. The maximum atomic E-state index is 14.0. The lowest BCUT2D eigenvalue weighted by molar-refractivity contribution is -0.127. The van der Waals surface area contributed by atoms with Crippen LogP contribution in [-0.2, 0) is 22.7 Å². The lowest BCUT2D eigenvalue weighted by atomic mass is 9.99. The maximum absolute atomic E-state index is 14.0. The van der Waals surface area contributed by atoms with Gasteiger partial charge in [0.2, 0.25) is 5.91 Å². The highest BCUT2D eigenvalue weighted by atomic mass is 32.2. The first-order valence-electron chi connectivity index (χ1n) is 15.0. The van der Waals surface area contributed by atoms with Crippen molar-refractivity contribution in [2.24, 2.45) is 0 Å². The lowest BCUT2D eigenvalue weighted by Gasteiger charge is -2.28. The highest BCUT2D eigenvalue weighted by molar-refractivity contribution is 7.99. The van der Waals surface area contributed by atoms with Crippen LogP contribution in [0, 0.1) is 0 Å². The third-order valence-electron chi connectivity index (χ3n) is 7.47. The number of carbonyl (C=O) groups excluding carboxylic acids is 3. The van der Waals surface area contributed by atoms with E-state index in [0.29, 0.717) is 30.3 Å². The highest BCUT2D eigenvalue weighted by Gasteiger charge is 2.33. The zero-order chi connectivity index (χ0) is 32.5. The summed E-state index contributed by atoms with van der Waals surface area (Å²) in [5, 5.41) is 20.7. The summed E-state index contributed by atoms with van der Waals surface area (Å²) in [5.41, 5.74) is 3.53. The average Bonchev–Trinajstić information content (AvgIpc) is 3.54. The highest BCUT2D eigenvalue weighted by Crippen LogP contribution is 2.36. The van der Waals surface area contributed by atoms with Crippen LogP contribution in [0.3, 0.4) is 0 Å². The summed E-state index contributed by atoms with van der Waals surface area (Å²) in [6.07, 6.45) is 3.16. The molecule has 0 spiro atoms. The summed E-state index contributed by atoms with van der Waals surface area (Å²) >= 11 is 1.55. The van der Waals surface area contributed by atoms with Crippen molar-refractivity contribution in [2.75, 3.05) is 29.1 Å². The van der Waals surface area contributed by atoms with Gasteiger partial charge in [0.15, 0.2) is 6.39 Å². The number of rotatable bonds is 12. The molecule has 12 heteroatoms. The number of carbonyl (C=O) groups is 3. The fraction of sp³-hybridized carbons (Fsp3) is 0.294. The van der Waals surface area contributed by atoms with Crippen LogP contribution in [0.2, 0.25) is 0 Å². The molecule has 1 aliphatic heterocycles. The summed E-state index contributed by atoms with van der Waals surface area (Å²) in [7, 11) is 0. The van der Waals surface area contributed by atoms with E-state index in [1.165, 1.54) is 6.39 Å². The van der Waals surface area contributed by atoms with Crippen molar-refractivity contribution in [3.05, 3.63) is 96.7 Å². The molecule has 5 N–H and O–H groups in total. The van der Waals surface area contributed by atoms with E-state index in [1.807, 2.05) is 86.6 Å². The molecule has 0 aliphatic carbocycles. The predicted molar refractivity (Wildman–Crippen MR) is 178 cm³/mol. The number of hydrogen-bond acceptors (Lipinski definition) is 8. The van der Waals surface area contributed by atoms with Gasteiger partial charge in [0.05, 0.1) is 37.3 Å². The summed E-state index contributed by atoms with van der Waals surface area (Å²) in [5.74, 6) is 0.693. The molecule has 1 atom stereocenters. The minimum Gasteiger partial charge on any atom is -0.447 e. The molecule has 1 aliphatic rings. The Bertz CT molecular complexity index is 1640. The smallest absolute Gasteiger partial charge is 0.319 e. The number of aliphatic hydroxyl groups excluding tert-OH is 1. The molecular formula is C34H38N6O5S. The molecule has 1 aromatic heterocycles. The zero-order valence-corrected chi connectivity index (χ0v) is 26.6. The van der Waals surface area contributed by atoms with Gasteiger partial charge >= 0.3 is 6.03 Å². The fourth-order valence-electron chi connectivity index (χ4n) is 5.14. The summed E-state index contributed by atoms with van der Waals surface area (Å²) < 4.78 is 5.28. The van der Waals surface area contributed by atoms with E-state index in [1.54, 1.807) is 22.9 Å². The summed E-state index contributed by atoms with van der Waals surface area (Å²) in [4.78, 5) is 46.0. The first-order chi connectivity index (χ1) is 22.2. The van der Waals surface area contributed by atoms with Gasteiger partial charge in [0, 0.05) is 34.7 Å². The fourth-order valence-corrected chi connectivity index (χ4v) is 6.21. The minimum absolute atomic E-state index is 0.145. The van der Waals surface area contributed by atoms with E-state index >= 15 is 0 Å². The van der Waals surface area contributed by atoms with E-state index in [0.717, 1.165) is 27.3 Å². The number of urea groups is 1. The average molecular weight is 643 g/mol. The number of oxazole rings is 1. The van der Waals surface area contributed by atoms with Crippen LogP contribution in [-0.4, -0.2) is 58.4 Å². The van der Waals surface area contributed by atoms with Crippen LogP contribution in [0.4, 0.5) is 16.2 Å². The number of fused-ring (bicyclic) bond motifs is 1. The summed E-state index contributed by atoms with van der Waals surface area (Å²) in [6, 6.07) is 22.0. The quantitative estimate of drug-likeness (QED) is 0.151. The second-order valence-corrected chi connectivity index (χ2v) is 12.6. The van der Waals surface area contributed by atoms with Crippen LogP contribution in [0.5, 0.6) is 0 Å². The Hall–Kier alpha value is -4.65. The molecule has 46 heavy (non-hydrogen) atoms. The molecule has 0 bridgehead atoms. The van der Waals surface area contributed by atoms with E-state index in [-0.39, 0.29) is 31.4 Å². The number of nitrogens with one attached hydrogen (secondary N) is 4. The van der Waals surface area contributed by atoms with Gasteiger partial charge in [-0.05, 0) is 43.2 Å². The Morgan fingerprint density at radius 3 is 2.59 bits per heavy atom. The molecule has 5 rings (SSSR count). The van der Waals surface area contributed by atoms with Crippen molar-refractivity contribution < 1.29 is 23.9 Å². The van der Waals surface area contributed by atoms with Crippen molar-refractivity contribution in [1.82, 2.24) is 20.9 Å². The van der Waals surface area contributed by atoms with Gasteiger partial charge in [-0.25, -0.2) is 9.78 Å². The lowest BCUT2D eigenvalue weighted by Crippen LogP contribution is -2.51. The van der Waals surface area contributed by atoms with E-state index in [2.05, 4.69) is 26.3 Å². The topological polar surface area (TPSA) is 149 Å². The predicted octanol–water partition coefficient (Wildman–Crippen LogP) is 4.54. The number of aromatic nitrogens is 1. The number of hydrogen-bond donors (Lipinski definition) is 5. The molecular weight excluding hydrogens is 604 g/mol. The summed E-state index contributed by atoms with van der Waals surface area (Å²) in [6.45, 7) is 4.62. The number of para-hydroxylation sites is 2. The molecule has 3 aromatic carbocycles. The largest absolute Gasteiger partial charge is 0.447 e. The zero-order valence-electron chi connectivity index (χ0n) is 25.8. The van der Waals surface area contributed by atoms with Crippen molar-refractivity contribution in [3.63, 3.8) is 0 Å². The first-order valence-corrected chi connectivity index (χ1v) is 16.0. The molecule has 2 heterocycles. The molecule has 11 nitrogen and oxygen atoms in total. The number of nitrogens with zero attached hydrogens (tertiary/aromatic N) is 2. The van der Waals surface area contributed by atoms with Gasteiger partial charge in [-0.3, -0.25) is 9.59 Å². The Morgan fingerprint density at radius 2 is 1.83 bits per heavy atom. The molecule has 4 aromatic rings. The molecule has 0 radical (unpaired) electrons. The number of thioether (sulfide) groups is 1. The van der Waals surface area contributed by atoms with Gasteiger partial charge in [0.1, 0.15) is 11.8 Å². The number of benzene rings is 3. The Labute approximate surface area is 272 Å². The maximum Gasteiger partial charge on any atom is 0.319 e. The van der Waals surface area contributed by atoms with E-state index < -0.39 is 17.6 Å². The van der Waals surface area contributed by atoms with Crippen LogP contribution < -0.4 is 26.2 Å². The van der Waals surface area contributed by atoms with Crippen molar-refractivity contribution in [3.8, 4) is 11.1 Å². The van der Waals surface area contributed by atoms with E-state index in [9.17, 15) is 14.4 Å². The standard InChI is InChI=1S/C34H38N6O5S/c1-34(2,37-19-25-18-35-22-45-25)17-31(42)38-28-21-46-30-10-6-5-9-29(30)40(32(28)43)20-23-11-13-24(14-12-23)26-7-3-4-8-27(26)39-33(44)36-15-16-41/h3-14,18,22,28,37,41H,15-17,19-21H2,1-2H3,(H,38,42)(H2,36,39,44)/t28-/m1/s1. The van der Waals surface area contributed by atoms with Gasteiger partial charge in [-0.1, -0.05) is 54.6 Å². The Morgan fingerprint density at radius 1 is 1.07 bits per heavy atom. The first kappa shape index (κ1) is 32.7.